The smallest absolute Gasteiger partial charge is 0.165 e. The van der Waals surface area contributed by atoms with Crippen molar-refractivity contribution in [3.8, 4) is 0 Å². The summed E-state index contributed by atoms with van der Waals surface area (Å²) in [4.78, 5) is 0. The van der Waals surface area contributed by atoms with Crippen LogP contribution in [-0.2, 0) is 9.47 Å². The van der Waals surface area contributed by atoms with E-state index >= 15 is 0 Å². The summed E-state index contributed by atoms with van der Waals surface area (Å²) in [5.41, 5.74) is 0.159. The molecule has 2 nitrogen and oxygen atoms in total. The zero-order valence-electron chi connectivity index (χ0n) is 19.9. The van der Waals surface area contributed by atoms with Gasteiger partial charge in [-0.3, -0.25) is 0 Å². The van der Waals surface area contributed by atoms with Crippen LogP contribution in [0.2, 0.25) is 0 Å². The molecular formula is C25H50O2. The highest BCUT2D eigenvalue weighted by molar-refractivity contribution is 4.78. The molecule has 0 amide bonds. The number of ether oxygens (including phenoxy) is 2. The van der Waals surface area contributed by atoms with Crippen molar-refractivity contribution in [1.29, 1.82) is 0 Å². The van der Waals surface area contributed by atoms with Gasteiger partial charge in [-0.15, -0.1) is 0 Å². The molecule has 0 aromatic heterocycles. The molecule has 1 heterocycles. The van der Waals surface area contributed by atoms with E-state index in [1.807, 2.05) is 0 Å². The normalized spacial score (nSPS) is 21.6. The van der Waals surface area contributed by atoms with E-state index in [2.05, 4.69) is 55.4 Å². The Morgan fingerprint density at radius 1 is 0.704 bits per heavy atom. The standard InChI is InChI=1S/C25H50O2/c1-20(2)12-9-13-22(5)14-10-15-23(21(3)4)16-11-17-25(8)26-18-24(6,7)19-27-25/h20-23H,9-19H2,1-8H3. The van der Waals surface area contributed by atoms with Crippen LogP contribution in [0.3, 0.4) is 0 Å². The predicted molar refractivity (Wildman–Crippen MR) is 118 cm³/mol. The summed E-state index contributed by atoms with van der Waals surface area (Å²) >= 11 is 0. The van der Waals surface area contributed by atoms with Gasteiger partial charge in [0.1, 0.15) is 0 Å². The molecule has 0 aliphatic carbocycles. The zero-order valence-corrected chi connectivity index (χ0v) is 19.9. The predicted octanol–water partition coefficient (Wildman–Crippen LogP) is 7.85. The molecule has 1 aliphatic rings. The Hall–Kier alpha value is -0.0800. The lowest BCUT2D eigenvalue weighted by Crippen LogP contribution is -2.45. The molecule has 1 fully saturated rings. The Morgan fingerprint density at radius 2 is 1.22 bits per heavy atom. The van der Waals surface area contributed by atoms with Gasteiger partial charge in [-0.2, -0.15) is 0 Å². The molecule has 1 rings (SSSR count). The zero-order chi connectivity index (χ0) is 20.5. The first kappa shape index (κ1) is 25.0. The molecule has 0 aromatic carbocycles. The molecule has 2 atom stereocenters. The SMILES string of the molecule is CC(C)CCCC(C)CCCC(CCCC1(C)OCC(C)(C)CO1)C(C)C. The quantitative estimate of drug-likeness (QED) is 0.323. The van der Waals surface area contributed by atoms with Crippen LogP contribution in [0.25, 0.3) is 0 Å². The molecule has 0 radical (unpaired) electrons. The van der Waals surface area contributed by atoms with E-state index in [4.69, 9.17) is 9.47 Å². The van der Waals surface area contributed by atoms with Gasteiger partial charge in [0.05, 0.1) is 13.2 Å². The summed E-state index contributed by atoms with van der Waals surface area (Å²) in [7, 11) is 0. The highest BCUT2D eigenvalue weighted by Crippen LogP contribution is 2.34. The van der Waals surface area contributed by atoms with Crippen LogP contribution in [0, 0.1) is 29.1 Å². The number of rotatable bonds is 13. The van der Waals surface area contributed by atoms with Gasteiger partial charge in [-0.05, 0) is 37.0 Å². The van der Waals surface area contributed by atoms with Crippen LogP contribution >= 0.6 is 0 Å². The molecule has 1 aliphatic heterocycles. The fourth-order valence-electron chi connectivity index (χ4n) is 4.17. The Kier molecular flexibility index (Phi) is 10.9. The van der Waals surface area contributed by atoms with E-state index < -0.39 is 0 Å². The maximum Gasteiger partial charge on any atom is 0.165 e. The number of hydrogen-bond acceptors (Lipinski definition) is 2. The van der Waals surface area contributed by atoms with Gasteiger partial charge in [0.15, 0.2) is 5.79 Å². The summed E-state index contributed by atoms with van der Waals surface area (Å²) in [5.74, 6) is 3.01. The molecule has 27 heavy (non-hydrogen) atoms. The van der Waals surface area contributed by atoms with E-state index in [1.54, 1.807) is 0 Å². The van der Waals surface area contributed by atoms with E-state index in [9.17, 15) is 0 Å². The minimum absolute atomic E-state index is 0.159. The molecule has 1 saturated heterocycles. The highest BCUT2D eigenvalue weighted by Gasteiger charge is 2.36. The minimum Gasteiger partial charge on any atom is -0.350 e. The van der Waals surface area contributed by atoms with Gasteiger partial charge >= 0.3 is 0 Å². The van der Waals surface area contributed by atoms with Gasteiger partial charge in [0.2, 0.25) is 0 Å². The van der Waals surface area contributed by atoms with Crippen LogP contribution in [0.4, 0.5) is 0 Å². The molecule has 0 spiro atoms. The fourth-order valence-corrected chi connectivity index (χ4v) is 4.17. The van der Waals surface area contributed by atoms with Crippen LogP contribution in [0.15, 0.2) is 0 Å². The third kappa shape index (κ3) is 10.9. The van der Waals surface area contributed by atoms with Gasteiger partial charge in [0.25, 0.3) is 0 Å². The van der Waals surface area contributed by atoms with Crippen molar-refractivity contribution in [2.75, 3.05) is 13.2 Å². The van der Waals surface area contributed by atoms with Crippen molar-refractivity contribution in [1.82, 2.24) is 0 Å². The van der Waals surface area contributed by atoms with Gasteiger partial charge in [-0.25, -0.2) is 0 Å². The second kappa shape index (κ2) is 11.8. The first-order chi connectivity index (χ1) is 12.5. The van der Waals surface area contributed by atoms with Crippen molar-refractivity contribution in [2.24, 2.45) is 29.1 Å². The van der Waals surface area contributed by atoms with E-state index in [0.717, 1.165) is 43.3 Å². The minimum atomic E-state index is -0.359. The number of hydrogen-bond donors (Lipinski definition) is 0. The van der Waals surface area contributed by atoms with Gasteiger partial charge < -0.3 is 9.47 Å². The molecular weight excluding hydrogens is 332 g/mol. The molecule has 2 heteroatoms. The van der Waals surface area contributed by atoms with E-state index in [-0.39, 0.29) is 11.2 Å². The average molecular weight is 383 g/mol. The van der Waals surface area contributed by atoms with Crippen molar-refractivity contribution < 1.29 is 9.47 Å². The lowest BCUT2D eigenvalue weighted by Gasteiger charge is -2.41. The lowest BCUT2D eigenvalue weighted by atomic mass is 9.84. The van der Waals surface area contributed by atoms with E-state index in [1.165, 1.54) is 51.4 Å². The molecule has 0 aromatic rings. The van der Waals surface area contributed by atoms with Crippen LogP contribution in [0.5, 0.6) is 0 Å². The van der Waals surface area contributed by atoms with Crippen molar-refractivity contribution in [2.45, 2.75) is 119 Å². The second-order valence-electron chi connectivity index (χ2n) is 11.1. The van der Waals surface area contributed by atoms with Crippen molar-refractivity contribution in [3.05, 3.63) is 0 Å². The van der Waals surface area contributed by atoms with Crippen LogP contribution < -0.4 is 0 Å². The lowest BCUT2D eigenvalue weighted by molar-refractivity contribution is -0.292. The summed E-state index contributed by atoms with van der Waals surface area (Å²) in [6, 6.07) is 0. The molecule has 162 valence electrons. The highest BCUT2D eigenvalue weighted by atomic mass is 16.7. The van der Waals surface area contributed by atoms with Crippen molar-refractivity contribution >= 4 is 0 Å². The Labute approximate surface area is 171 Å². The first-order valence-corrected chi connectivity index (χ1v) is 11.8. The second-order valence-corrected chi connectivity index (χ2v) is 11.1. The fraction of sp³-hybridized carbons (Fsp3) is 1.00. The summed E-state index contributed by atoms with van der Waals surface area (Å²) in [6.45, 7) is 20.1. The van der Waals surface area contributed by atoms with Crippen LogP contribution in [-0.4, -0.2) is 19.0 Å². The van der Waals surface area contributed by atoms with Gasteiger partial charge in [-0.1, -0.05) is 93.4 Å². The third-order valence-corrected chi connectivity index (χ3v) is 6.44. The Morgan fingerprint density at radius 3 is 1.74 bits per heavy atom. The van der Waals surface area contributed by atoms with Gasteiger partial charge in [0, 0.05) is 11.8 Å². The van der Waals surface area contributed by atoms with E-state index in [0.29, 0.717) is 0 Å². The third-order valence-electron chi connectivity index (χ3n) is 6.44. The summed E-state index contributed by atoms with van der Waals surface area (Å²) in [6.07, 6.45) is 11.9. The Bertz CT molecular complexity index is 376. The first-order valence-electron chi connectivity index (χ1n) is 11.8. The summed E-state index contributed by atoms with van der Waals surface area (Å²) in [5, 5.41) is 0. The largest absolute Gasteiger partial charge is 0.350 e. The average Bonchev–Trinajstić information content (AvgIpc) is 2.56. The maximum absolute atomic E-state index is 6.07. The maximum atomic E-state index is 6.07. The van der Waals surface area contributed by atoms with Crippen molar-refractivity contribution in [3.63, 3.8) is 0 Å². The molecule has 0 bridgehead atoms. The Balaban J connectivity index is 2.24. The summed E-state index contributed by atoms with van der Waals surface area (Å²) < 4.78 is 12.1. The molecule has 0 N–H and O–H groups in total. The topological polar surface area (TPSA) is 18.5 Å². The van der Waals surface area contributed by atoms with Crippen LogP contribution in [0.1, 0.15) is 113 Å². The monoisotopic (exact) mass is 382 g/mol. The molecule has 2 unspecified atom stereocenters. The molecule has 0 saturated carbocycles.